The van der Waals surface area contributed by atoms with E-state index in [-0.39, 0.29) is 35.5 Å². The van der Waals surface area contributed by atoms with Crippen molar-refractivity contribution in [1.82, 2.24) is 9.21 Å². The number of amides is 1. The first kappa shape index (κ1) is 19.8. The summed E-state index contributed by atoms with van der Waals surface area (Å²) >= 11 is 0. The van der Waals surface area contributed by atoms with Crippen LogP contribution in [0.5, 0.6) is 0 Å². The molecule has 0 radical (unpaired) electrons. The van der Waals surface area contributed by atoms with Gasteiger partial charge < -0.3 is 9.64 Å². The fourth-order valence-electron chi connectivity index (χ4n) is 4.80. The van der Waals surface area contributed by atoms with Gasteiger partial charge in [0.05, 0.1) is 23.7 Å². The van der Waals surface area contributed by atoms with Crippen molar-refractivity contribution in [2.75, 3.05) is 32.8 Å². The van der Waals surface area contributed by atoms with Gasteiger partial charge in [0.15, 0.2) is 0 Å². The lowest BCUT2D eigenvalue weighted by Crippen LogP contribution is -2.49. The van der Waals surface area contributed by atoms with Crippen LogP contribution in [0.1, 0.15) is 48.9 Å². The van der Waals surface area contributed by atoms with Gasteiger partial charge in [0.1, 0.15) is 5.82 Å². The molecular weight excluding hydrogens is 383 g/mol. The lowest BCUT2D eigenvalue weighted by molar-refractivity contribution is 0.0386. The zero-order chi connectivity index (χ0) is 19.7. The molecule has 6 nitrogen and oxygen atoms in total. The van der Waals surface area contributed by atoms with Crippen molar-refractivity contribution < 1.29 is 22.3 Å². The molecule has 1 aliphatic carbocycles. The first-order valence-corrected chi connectivity index (χ1v) is 11.6. The van der Waals surface area contributed by atoms with E-state index in [2.05, 4.69) is 0 Å². The van der Waals surface area contributed by atoms with Crippen molar-refractivity contribution in [3.8, 4) is 0 Å². The molecule has 4 rings (SSSR count). The van der Waals surface area contributed by atoms with Gasteiger partial charge in [0.2, 0.25) is 10.0 Å². The number of carbonyl (C=O) groups excluding carboxylic acids is 1. The second-order valence-electron chi connectivity index (χ2n) is 7.91. The Morgan fingerprint density at radius 1 is 1.04 bits per heavy atom. The van der Waals surface area contributed by atoms with Gasteiger partial charge in [0, 0.05) is 25.7 Å². The van der Waals surface area contributed by atoms with Crippen molar-refractivity contribution in [3.05, 3.63) is 29.6 Å². The van der Waals surface area contributed by atoms with Crippen LogP contribution in [-0.4, -0.2) is 62.4 Å². The Morgan fingerprint density at radius 2 is 1.75 bits per heavy atom. The highest BCUT2D eigenvalue weighted by atomic mass is 32.2. The SMILES string of the molecule is O=C(c1cc(S(=O)(=O)N2CCOCC2)ccc1F)N1CCC[C@@H]2CCCC[C@@H]21. The Morgan fingerprint density at radius 3 is 2.54 bits per heavy atom. The number of sulfonamides is 1. The fourth-order valence-corrected chi connectivity index (χ4v) is 6.23. The molecular formula is C20H27FN2O4S. The third-order valence-electron chi connectivity index (χ3n) is 6.28. The summed E-state index contributed by atoms with van der Waals surface area (Å²) in [5, 5.41) is 0. The number of piperidine rings is 1. The van der Waals surface area contributed by atoms with Crippen LogP contribution in [0.25, 0.3) is 0 Å². The second kappa shape index (κ2) is 8.08. The van der Waals surface area contributed by atoms with Crippen LogP contribution in [0.4, 0.5) is 4.39 Å². The summed E-state index contributed by atoms with van der Waals surface area (Å²) in [6, 6.07) is 3.71. The molecule has 0 N–H and O–H groups in total. The molecule has 2 aliphatic heterocycles. The fraction of sp³-hybridized carbons (Fsp3) is 0.650. The molecule has 2 saturated heterocycles. The van der Waals surface area contributed by atoms with E-state index in [1.165, 1.54) is 22.9 Å². The first-order chi connectivity index (χ1) is 13.5. The van der Waals surface area contributed by atoms with Gasteiger partial charge in [-0.1, -0.05) is 12.8 Å². The van der Waals surface area contributed by atoms with Crippen LogP contribution in [0, 0.1) is 11.7 Å². The van der Waals surface area contributed by atoms with E-state index in [1.54, 1.807) is 4.90 Å². The van der Waals surface area contributed by atoms with Crippen LogP contribution in [-0.2, 0) is 14.8 Å². The maximum absolute atomic E-state index is 14.6. The van der Waals surface area contributed by atoms with Gasteiger partial charge >= 0.3 is 0 Å². The Kier molecular flexibility index (Phi) is 5.71. The predicted octanol–water partition coefficient (Wildman–Crippen LogP) is 2.64. The third-order valence-corrected chi connectivity index (χ3v) is 8.17. The molecule has 28 heavy (non-hydrogen) atoms. The van der Waals surface area contributed by atoms with Gasteiger partial charge in [0.25, 0.3) is 5.91 Å². The van der Waals surface area contributed by atoms with Crippen molar-refractivity contribution in [3.63, 3.8) is 0 Å². The van der Waals surface area contributed by atoms with Crippen LogP contribution in [0.2, 0.25) is 0 Å². The average Bonchev–Trinajstić information content (AvgIpc) is 2.73. The highest BCUT2D eigenvalue weighted by molar-refractivity contribution is 7.89. The predicted molar refractivity (Wildman–Crippen MR) is 102 cm³/mol. The largest absolute Gasteiger partial charge is 0.379 e. The number of fused-ring (bicyclic) bond motifs is 1. The quantitative estimate of drug-likeness (QED) is 0.768. The molecule has 3 aliphatic rings. The van der Waals surface area contributed by atoms with Crippen LogP contribution in [0.15, 0.2) is 23.1 Å². The van der Waals surface area contributed by atoms with Gasteiger partial charge in [-0.2, -0.15) is 4.31 Å². The van der Waals surface area contributed by atoms with E-state index in [1.807, 2.05) is 0 Å². The molecule has 0 aromatic heterocycles. The van der Waals surface area contributed by atoms with E-state index in [9.17, 15) is 17.6 Å². The molecule has 0 spiro atoms. The average molecular weight is 411 g/mol. The highest BCUT2D eigenvalue weighted by Crippen LogP contribution is 2.36. The maximum atomic E-state index is 14.6. The minimum Gasteiger partial charge on any atom is -0.379 e. The Bertz CT molecular complexity index is 837. The maximum Gasteiger partial charge on any atom is 0.257 e. The van der Waals surface area contributed by atoms with Crippen LogP contribution < -0.4 is 0 Å². The minimum absolute atomic E-state index is 0.0312. The minimum atomic E-state index is -3.77. The topological polar surface area (TPSA) is 66.9 Å². The lowest BCUT2D eigenvalue weighted by Gasteiger charge is -2.44. The Hall–Kier alpha value is -1.51. The number of hydrogen-bond donors (Lipinski definition) is 0. The normalized spacial score (nSPS) is 26.7. The summed E-state index contributed by atoms with van der Waals surface area (Å²) in [5.74, 6) is -0.563. The Balaban J connectivity index is 1.62. The van der Waals surface area contributed by atoms with E-state index in [0.29, 0.717) is 25.7 Å². The number of likely N-dealkylation sites (tertiary alicyclic amines) is 1. The van der Waals surface area contributed by atoms with E-state index in [0.717, 1.165) is 38.2 Å². The van der Waals surface area contributed by atoms with Gasteiger partial charge in [-0.25, -0.2) is 12.8 Å². The smallest absolute Gasteiger partial charge is 0.257 e. The van der Waals surface area contributed by atoms with E-state index >= 15 is 0 Å². The zero-order valence-corrected chi connectivity index (χ0v) is 16.8. The summed E-state index contributed by atoms with van der Waals surface area (Å²) in [6.45, 7) is 1.81. The van der Waals surface area contributed by atoms with Crippen molar-refractivity contribution in [2.45, 2.75) is 49.5 Å². The molecule has 1 aromatic carbocycles. The summed E-state index contributed by atoms with van der Waals surface area (Å²) in [4.78, 5) is 14.9. The van der Waals surface area contributed by atoms with E-state index < -0.39 is 15.8 Å². The summed E-state index contributed by atoms with van der Waals surface area (Å²) in [5.41, 5.74) is -0.138. The standard InChI is InChI=1S/C20H27FN2O4S/c21-18-8-7-16(28(25,26)22-10-12-27-13-11-22)14-17(18)20(24)23-9-3-5-15-4-1-2-6-19(15)23/h7-8,14-15,19H,1-6,9-13H2/t15-,19-/m0/s1. The van der Waals surface area contributed by atoms with Gasteiger partial charge in [-0.3, -0.25) is 4.79 Å². The lowest BCUT2D eigenvalue weighted by atomic mass is 9.78. The number of hydrogen-bond acceptors (Lipinski definition) is 4. The molecule has 2 heterocycles. The number of ether oxygens (including phenoxy) is 1. The number of rotatable bonds is 3. The number of nitrogens with zero attached hydrogens (tertiary/aromatic N) is 2. The first-order valence-electron chi connectivity index (χ1n) is 10.2. The van der Waals surface area contributed by atoms with Gasteiger partial charge in [-0.05, 0) is 49.8 Å². The Labute approximate surface area is 165 Å². The number of carbonyl (C=O) groups is 1. The molecule has 1 amide bonds. The molecule has 2 atom stereocenters. The van der Waals surface area contributed by atoms with Gasteiger partial charge in [-0.15, -0.1) is 0 Å². The number of halogens is 1. The molecule has 1 saturated carbocycles. The summed E-state index contributed by atoms with van der Waals surface area (Å²) in [6.07, 6.45) is 6.36. The monoisotopic (exact) mass is 410 g/mol. The zero-order valence-electron chi connectivity index (χ0n) is 16.0. The number of benzene rings is 1. The van der Waals surface area contributed by atoms with Crippen LogP contribution in [0.3, 0.4) is 0 Å². The third kappa shape index (κ3) is 3.69. The molecule has 0 unspecified atom stereocenters. The molecule has 154 valence electrons. The molecule has 1 aromatic rings. The van der Waals surface area contributed by atoms with E-state index in [4.69, 9.17) is 4.74 Å². The summed E-state index contributed by atoms with van der Waals surface area (Å²) in [7, 11) is -3.77. The molecule has 3 fully saturated rings. The van der Waals surface area contributed by atoms with Crippen molar-refractivity contribution in [1.29, 1.82) is 0 Å². The number of morpholine rings is 1. The second-order valence-corrected chi connectivity index (χ2v) is 9.85. The molecule has 8 heteroatoms. The van der Waals surface area contributed by atoms with Crippen molar-refractivity contribution >= 4 is 15.9 Å². The summed E-state index contributed by atoms with van der Waals surface area (Å²) < 4.78 is 46.9. The molecule has 0 bridgehead atoms. The van der Waals surface area contributed by atoms with Crippen molar-refractivity contribution in [2.24, 2.45) is 5.92 Å². The highest BCUT2D eigenvalue weighted by Gasteiger charge is 2.37. The van der Waals surface area contributed by atoms with Crippen LogP contribution >= 0.6 is 0 Å².